The number of carboxylic acids is 1. The molecule has 0 amide bonds. The van der Waals surface area contributed by atoms with Crippen LogP contribution in [0.4, 0.5) is 0 Å². The Morgan fingerprint density at radius 1 is 0.889 bits per heavy atom. The number of hydrogen-bond donors (Lipinski definition) is 1. The summed E-state index contributed by atoms with van der Waals surface area (Å²) < 4.78 is 31.8. The number of unbranched alkanes of at least 4 members (excludes halogenated alkanes) is 9. The second kappa shape index (κ2) is 21.9. The molecule has 0 atom stereocenters. The Kier molecular flexibility index (Phi) is 25.4. The van der Waals surface area contributed by atoms with E-state index >= 15 is 0 Å². The number of hydrogen-bond acceptors (Lipinski definition) is 6. The molecule has 0 aliphatic rings. The minimum atomic E-state index is -3.66. The molecule has 0 unspecified atom stereocenters. The Morgan fingerprint density at radius 2 is 1.30 bits per heavy atom. The van der Waals surface area contributed by atoms with E-state index in [1.807, 2.05) is 0 Å². The Morgan fingerprint density at radius 3 is 1.67 bits per heavy atom. The SMILES string of the molecule is CCCCCCCCCCCCOC(=O)C=CC(=O)[O-].CCS(=O)(=O)O.[Na+]. The van der Waals surface area contributed by atoms with Crippen LogP contribution in [0.25, 0.3) is 0 Å². The van der Waals surface area contributed by atoms with Gasteiger partial charge in [-0.2, -0.15) is 8.42 Å². The number of esters is 1. The van der Waals surface area contributed by atoms with Crippen LogP contribution in [-0.4, -0.2) is 37.3 Å². The van der Waals surface area contributed by atoms with Crippen LogP contribution < -0.4 is 34.7 Å². The Bertz CT molecular complexity index is 490. The molecule has 0 heterocycles. The summed E-state index contributed by atoms with van der Waals surface area (Å²) in [5.41, 5.74) is 0. The van der Waals surface area contributed by atoms with E-state index in [1.54, 1.807) is 0 Å². The molecule has 0 rings (SSSR count). The van der Waals surface area contributed by atoms with Crippen LogP contribution in [0.5, 0.6) is 0 Å². The molecule has 0 aromatic carbocycles. The first kappa shape index (κ1) is 31.3. The largest absolute Gasteiger partial charge is 1.00 e. The maximum atomic E-state index is 11.0. The van der Waals surface area contributed by atoms with Crippen molar-refractivity contribution in [2.24, 2.45) is 0 Å². The number of carbonyl (C=O) groups excluding carboxylic acids is 2. The van der Waals surface area contributed by atoms with Crippen molar-refractivity contribution in [3.8, 4) is 0 Å². The van der Waals surface area contributed by atoms with E-state index in [9.17, 15) is 23.1 Å². The quantitative estimate of drug-likeness (QED) is 0.135. The Hall–Kier alpha value is -0.410. The van der Waals surface area contributed by atoms with Gasteiger partial charge < -0.3 is 14.6 Å². The fraction of sp³-hybridized carbons (Fsp3) is 0.778. The van der Waals surface area contributed by atoms with Gasteiger partial charge in [0.2, 0.25) is 0 Å². The van der Waals surface area contributed by atoms with Gasteiger partial charge in [0.25, 0.3) is 10.1 Å². The van der Waals surface area contributed by atoms with Crippen LogP contribution >= 0.6 is 0 Å². The number of carbonyl (C=O) groups is 2. The average molecular weight is 417 g/mol. The monoisotopic (exact) mass is 416 g/mol. The molecule has 1 N–H and O–H groups in total. The molecule has 0 saturated heterocycles. The molecule has 0 aliphatic carbocycles. The van der Waals surface area contributed by atoms with Gasteiger partial charge in [0.15, 0.2) is 0 Å². The van der Waals surface area contributed by atoms with E-state index in [0.717, 1.165) is 18.9 Å². The maximum Gasteiger partial charge on any atom is 1.00 e. The summed E-state index contributed by atoms with van der Waals surface area (Å²) in [6, 6.07) is 0. The van der Waals surface area contributed by atoms with Gasteiger partial charge in [0.05, 0.1) is 18.3 Å². The van der Waals surface area contributed by atoms with Gasteiger partial charge in [-0.3, -0.25) is 4.55 Å². The zero-order chi connectivity index (χ0) is 20.3. The van der Waals surface area contributed by atoms with Gasteiger partial charge in [-0.15, -0.1) is 0 Å². The van der Waals surface area contributed by atoms with Crippen LogP contribution in [0.1, 0.15) is 78.1 Å². The van der Waals surface area contributed by atoms with Crippen molar-refractivity contribution < 1.29 is 62.0 Å². The van der Waals surface area contributed by atoms with Crippen LogP contribution in [0.15, 0.2) is 12.2 Å². The minimum Gasteiger partial charge on any atom is -0.545 e. The zero-order valence-electron chi connectivity index (χ0n) is 16.9. The van der Waals surface area contributed by atoms with Crippen molar-refractivity contribution in [2.75, 3.05) is 12.4 Å². The maximum absolute atomic E-state index is 11.0. The first-order valence-corrected chi connectivity index (χ1v) is 10.8. The minimum absolute atomic E-state index is 0. The normalized spacial score (nSPS) is 10.6. The van der Waals surface area contributed by atoms with Crippen LogP contribution in [0.3, 0.4) is 0 Å². The molecular weight excluding hydrogens is 383 g/mol. The van der Waals surface area contributed by atoms with E-state index in [1.165, 1.54) is 58.3 Å². The van der Waals surface area contributed by atoms with E-state index < -0.39 is 22.1 Å². The van der Waals surface area contributed by atoms with E-state index in [0.29, 0.717) is 12.7 Å². The van der Waals surface area contributed by atoms with Crippen LogP contribution in [-0.2, 0) is 24.4 Å². The molecule has 0 saturated carbocycles. The second-order valence-electron chi connectivity index (χ2n) is 5.87. The third-order valence-corrected chi connectivity index (χ3v) is 4.19. The van der Waals surface area contributed by atoms with Gasteiger partial charge in [-0.1, -0.05) is 64.7 Å². The summed E-state index contributed by atoms with van der Waals surface area (Å²) >= 11 is 0. The van der Waals surface area contributed by atoms with Crippen molar-refractivity contribution in [1.29, 1.82) is 0 Å². The molecule has 154 valence electrons. The third-order valence-electron chi connectivity index (χ3n) is 3.46. The molecule has 9 heteroatoms. The van der Waals surface area contributed by atoms with Crippen molar-refractivity contribution in [1.82, 2.24) is 0 Å². The molecular formula is C18H33NaO7S. The van der Waals surface area contributed by atoms with E-state index in [-0.39, 0.29) is 35.3 Å². The number of aliphatic carboxylic acids is 1. The molecule has 27 heavy (non-hydrogen) atoms. The Balaban J connectivity index is -0.000000709. The van der Waals surface area contributed by atoms with Gasteiger partial charge in [0.1, 0.15) is 0 Å². The standard InChI is InChI=1S/C16H28O4.C2H6O3S.Na/c1-2-3-4-5-6-7-8-9-10-11-14-20-16(19)13-12-15(17)18;1-2-6(3,4)5;/h12-13H,2-11,14H2,1H3,(H,17,18);2H2,1H3,(H,3,4,5);/q;;+1/p-1. The third kappa shape index (κ3) is 33.6. The van der Waals surface area contributed by atoms with E-state index in [4.69, 9.17) is 9.29 Å². The second-order valence-corrected chi connectivity index (χ2v) is 7.61. The van der Waals surface area contributed by atoms with Crippen LogP contribution in [0, 0.1) is 0 Å². The zero-order valence-corrected chi connectivity index (χ0v) is 19.8. The Labute approximate surface area is 186 Å². The van der Waals surface area contributed by atoms with Gasteiger partial charge in [-0.25, -0.2) is 4.79 Å². The average Bonchev–Trinajstić information content (AvgIpc) is 2.57. The molecule has 0 aromatic rings. The topological polar surface area (TPSA) is 121 Å². The molecule has 7 nitrogen and oxygen atoms in total. The van der Waals surface area contributed by atoms with Gasteiger partial charge in [-0.05, 0) is 19.4 Å². The smallest absolute Gasteiger partial charge is 0.545 e. The summed E-state index contributed by atoms with van der Waals surface area (Å²) in [4.78, 5) is 21.1. The van der Waals surface area contributed by atoms with Crippen LogP contribution in [0.2, 0.25) is 0 Å². The number of rotatable bonds is 14. The van der Waals surface area contributed by atoms with Crippen molar-refractivity contribution >= 4 is 22.1 Å². The fourth-order valence-electron chi connectivity index (χ4n) is 1.95. The number of carboxylic acid groups (broad SMARTS) is 1. The number of ether oxygens (including phenoxy) is 1. The predicted octanol–water partition coefficient (Wildman–Crippen LogP) is -0.345. The van der Waals surface area contributed by atoms with Gasteiger partial charge in [0, 0.05) is 6.08 Å². The first-order chi connectivity index (χ1) is 12.2. The summed E-state index contributed by atoms with van der Waals surface area (Å²) in [6.45, 7) is 3.95. The predicted molar refractivity (Wildman–Crippen MR) is 99.0 cm³/mol. The van der Waals surface area contributed by atoms with Gasteiger partial charge >= 0.3 is 35.5 Å². The molecule has 0 spiro atoms. The molecule has 0 fully saturated rings. The van der Waals surface area contributed by atoms with E-state index in [2.05, 4.69) is 6.92 Å². The van der Waals surface area contributed by atoms with Crippen molar-refractivity contribution in [3.63, 3.8) is 0 Å². The summed E-state index contributed by atoms with van der Waals surface area (Å²) in [5, 5.41) is 10.1. The van der Waals surface area contributed by atoms with Crippen molar-refractivity contribution in [3.05, 3.63) is 12.2 Å². The molecule has 0 aromatic heterocycles. The summed E-state index contributed by atoms with van der Waals surface area (Å²) in [6.07, 6.45) is 13.8. The first-order valence-electron chi connectivity index (χ1n) is 9.23. The fourth-order valence-corrected chi connectivity index (χ4v) is 1.95. The molecule has 0 aliphatic heterocycles. The molecule has 0 radical (unpaired) electrons. The summed E-state index contributed by atoms with van der Waals surface area (Å²) in [7, 11) is -3.66. The molecule has 0 bridgehead atoms. The summed E-state index contributed by atoms with van der Waals surface area (Å²) in [5.74, 6) is -2.21. The van der Waals surface area contributed by atoms with Crippen molar-refractivity contribution in [2.45, 2.75) is 78.1 Å².